The number of hydrazone groups is 1. The smallest absolute Gasteiger partial charge is 0.161 e. The van der Waals surface area contributed by atoms with Crippen LogP contribution in [-0.2, 0) is 4.74 Å². The maximum Gasteiger partial charge on any atom is 0.161 e. The largest absolute Gasteiger partial charge is 0.490 e. The number of rotatable bonds is 2. The van der Waals surface area contributed by atoms with Gasteiger partial charge in [-0.3, -0.25) is 5.01 Å². The first-order valence-corrected chi connectivity index (χ1v) is 7.11. The van der Waals surface area contributed by atoms with Gasteiger partial charge in [0.1, 0.15) is 0 Å². The molecule has 0 amide bonds. The molecule has 0 spiro atoms. The van der Waals surface area contributed by atoms with Gasteiger partial charge in [0.2, 0.25) is 0 Å². The molecule has 1 aromatic carbocycles. The van der Waals surface area contributed by atoms with Crippen LogP contribution < -0.4 is 9.47 Å². The average molecular weight is 276 g/mol. The fraction of sp³-hybridized carbons (Fsp3) is 0.533. The summed E-state index contributed by atoms with van der Waals surface area (Å²) in [5, 5.41) is 6.71. The number of fused-ring (bicyclic) bond motifs is 1. The van der Waals surface area contributed by atoms with E-state index in [-0.39, 0.29) is 0 Å². The topological polar surface area (TPSA) is 43.3 Å². The van der Waals surface area contributed by atoms with Crippen LogP contribution in [0.5, 0.6) is 11.5 Å². The maximum atomic E-state index is 5.72. The molecule has 108 valence electrons. The molecular weight excluding hydrogens is 256 g/mol. The van der Waals surface area contributed by atoms with Crippen LogP contribution in [-0.4, -0.2) is 50.2 Å². The Bertz CT molecular complexity index is 496. The third-order valence-electron chi connectivity index (χ3n) is 3.44. The zero-order chi connectivity index (χ0) is 13.8. The highest BCUT2D eigenvalue weighted by molar-refractivity contribution is 5.99. The molecule has 0 saturated carbocycles. The van der Waals surface area contributed by atoms with Crippen molar-refractivity contribution in [3.05, 3.63) is 23.8 Å². The minimum atomic E-state index is 0.704. The van der Waals surface area contributed by atoms with Crippen LogP contribution >= 0.6 is 0 Å². The van der Waals surface area contributed by atoms with E-state index in [1.54, 1.807) is 0 Å². The summed E-state index contributed by atoms with van der Waals surface area (Å²) in [6.07, 6.45) is 0.921. The molecule has 5 heteroatoms. The highest BCUT2D eigenvalue weighted by Crippen LogP contribution is 2.30. The molecule has 2 aliphatic rings. The van der Waals surface area contributed by atoms with Crippen LogP contribution in [0.2, 0.25) is 0 Å². The molecule has 5 nitrogen and oxygen atoms in total. The normalized spacial score (nSPS) is 19.6. The van der Waals surface area contributed by atoms with Gasteiger partial charge in [-0.1, -0.05) is 0 Å². The Morgan fingerprint density at radius 3 is 2.60 bits per heavy atom. The van der Waals surface area contributed by atoms with Crippen LogP contribution in [0.25, 0.3) is 0 Å². The van der Waals surface area contributed by atoms with Gasteiger partial charge in [0.15, 0.2) is 11.5 Å². The zero-order valence-corrected chi connectivity index (χ0v) is 11.8. The van der Waals surface area contributed by atoms with Gasteiger partial charge in [0, 0.05) is 12.0 Å². The lowest BCUT2D eigenvalue weighted by atomic mass is 10.1. The first-order chi connectivity index (χ1) is 9.83. The van der Waals surface area contributed by atoms with Crippen LogP contribution in [0.1, 0.15) is 18.9 Å². The maximum absolute atomic E-state index is 5.72. The van der Waals surface area contributed by atoms with Crippen LogP contribution in [0.15, 0.2) is 23.3 Å². The summed E-state index contributed by atoms with van der Waals surface area (Å²) >= 11 is 0. The lowest BCUT2D eigenvalue weighted by Gasteiger charge is -2.24. The minimum absolute atomic E-state index is 0.704. The molecule has 0 atom stereocenters. The first-order valence-electron chi connectivity index (χ1n) is 7.11. The van der Waals surface area contributed by atoms with Gasteiger partial charge in [-0.05, 0) is 25.1 Å². The average Bonchev–Trinajstić information content (AvgIpc) is 2.72. The Balaban J connectivity index is 1.78. The second-order valence-electron chi connectivity index (χ2n) is 4.96. The number of hydrogen-bond acceptors (Lipinski definition) is 5. The number of nitrogens with zero attached hydrogens (tertiary/aromatic N) is 2. The van der Waals surface area contributed by atoms with Gasteiger partial charge >= 0.3 is 0 Å². The van der Waals surface area contributed by atoms with Gasteiger partial charge in [0.25, 0.3) is 0 Å². The first kappa shape index (κ1) is 13.2. The molecule has 0 bridgehead atoms. The number of morpholine rings is 1. The van der Waals surface area contributed by atoms with Crippen molar-refractivity contribution in [1.82, 2.24) is 5.01 Å². The van der Waals surface area contributed by atoms with Gasteiger partial charge in [0.05, 0.1) is 45.2 Å². The van der Waals surface area contributed by atoms with Gasteiger partial charge in [-0.2, -0.15) is 5.10 Å². The fourth-order valence-electron chi connectivity index (χ4n) is 2.31. The third-order valence-corrected chi connectivity index (χ3v) is 3.44. The molecule has 0 aliphatic carbocycles. The molecule has 20 heavy (non-hydrogen) atoms. The van der Waals surface area contributed by atoms with E-state index in [0.29, 0.717) is 13.2 Å². The van der Waals surface area contributed by atoms with Crippen molar-refractivity contribution in [2.24, 2.45) is 5.10 Å². The standard InChI is InChI=1S/C15H20N2O3/c1-12(16-17-5-9-18-10-6-17)13-3-4-14-15(11-13)20-8-2-7-19-14/h3-4,11H,2,5-10H2,1H3/b16-12-. The van der Waals surface area contributed by atoms with Crippen molar-refractivity contribution >= 4 is 5.71 Å². The number of hydrogen-bond donors (Lipinski definition) is 0. The molecule has 0 unspecified atom stereocenters. The quantitative estimate of drug-likeness (QED) is 0.774. The fourth-order valence-corrected chi connectivity index (χ4v) is 2.31. The Morgan fingerprint density at radius 2 is 1.80 bits per heavy atom. The zero-order valence-electron chi connectivity index (χ0n) is 11.8. The summed E-state index contributed by atoms with van der Waals surface area (Å²) < 4.78 is 16.7. The van der Waals surface area contributed by atoms with E-state index in [1.165, 1.54) is 0 Å². The summed E-state index contributed by atoms with van der Waals surface area (Å²) in [5.41, 5.74) is 2.06. The molecule has 1 aromatic rings. The highest BCUT2D eigenvalue weighted by atomic mass is 16.5. The Kier molecular flexibility index (Phi) is 4.06. The molecule has 0 aromatic heterocycles. The Hall–Kier alpha value is -1.75. The third kappa shape index (κ3) is 3.04. The van der Waals surface area contributed by atoms with E-state index >= 15 is 0 Å². The van der Waals surface area contributed by atoms with Crippen LogP contribution in [0.4, 0.5) is 0 Å². The molecule has 2 heterocycles. The molecule has 3 rings (SSSR count). The predicted octanol–water partition coefficient (Wildman–Crippen LogP) is 1.90. The molecule has 1 fully saturated rings. The number of ether oxygens (including phenoxy) is 3. The van der Waals surface area contributed by atoms with Crippen molar-refractivity contribution in [2.45, 2.75) is 13.3 Å². The second-order valence-corrected chi connectivity index (χ2v) is 4.96. The van der Waals surface area contributed by atoms with Crippen molar-refractivity contribution in [1.29, 1.82) is 0 Å². The Labute approximate surface area is 119 Å². The van der Waals surface area contributed by atoms with Crippen molar-refractivity contribution in [3.63, 3.8) is 0 Å². The lowest BCUT2D eigenvalue weighted by Crippen LogP contribution is -2.33. The minimum Gasteiger partial charge on any atom is -0.490 e. The molecule has 2 aliphatic heterocycles. The SMILES string of the molecule is C/C(=N/N1CCOCC1)c1ccc2c(c1)OCCCO2. The Morgan fingerprint density at radius 1 is 1.05 bits per heavy atom. The van der Waals surface area contributed by atoms with Crippen LogP contribution in [0.3, 0.4) is 0 Å². The number of benzene rings is 1. The molecule has 0 radical (unpaired) electrons. The summed E-state index contributed by atoms with van der Waals surface area (Å²) in [6, 6.07) is 6.01. The van der Waals surface area contributed by atoms with Gasteiger partial charge < -0.3 is 14.2 Å². The van der Waals surface area contributed by atoms with E-state index in [4.69, 9.17) is 14.2 Å². The van der Waals surface area contributed by atoms with Gasteiger partial charge in [-0.25, -0.2) is 0 Å². The van der Waals surface area contributed by atoms with E-state index in [9.17, 15) is 0 Å². The molecule has 0 N–H and O–H groups in total. The van der Waals surface area contributed by atoms with E-state index in [1.807, 2.05) is 25.1 Å². The summed E-state index contributed by atoms with van der Waals surface area (Å²) in [6.45, 7) is 6.64. The molecular formula is C15H20N2O3. The second kappa shape index (κ2) is 6.13. The van der Waals surface area contributed by atoms with E-state index < -0.39 is 0 Å². The van der Waals surface area contributed by atoms with E-state index in [2.05, 4.69) is 10.1 Å². The van der Waals surface area contributed by atoms with Crippen molar-refractivity contribution in [3.8, 4) is 11.5 Å². The highest BCUT2D eigenvalue weighted by Gasteiger charge is 2.13. The molecule has 1 saturated heterocycles. The predicted molar refractivity (Wildman–Crippen MR) is 76.7 cm³/mol. The van der Waals surface area contributed by atoms with Crippen molar-refractivity contribution in [2.75, 3.05) is 39.5 Å². The van der Waals surface area contributed by atoms with Gasteiger partial charge in [-0.15, -0.1) is 0 Å². The summed E-state index contributed by atoms with van der Waals surface area (Å²) in [5.74, 6) is 1.64. The van der Waals surface area contributed by atoms with E-state index in [0.717, 1.165) is 55.5 Å². The van der Waals surface area contributed by atoms with Crippen LogP contribution in [0, 0.1) is 0 Å². The lowest BCUT2D eigenvalue weighted by molar-refractivity contribution is 0.0393. The summed E-state index contributed by atoms with van der Waals surface area (Å²) in [4.78, 5) is 0. The van der Waals surface area contributed by atoms with Crippen molar-refractivity contribution < 1.29 is 14.2 Å². The summed E-state index contributed by atoms with van der Waals surface area (Å²) in [7, 11) is 0. The monoisotopic (exact) mass is 276 g/mol.